The van der Waals surface area contributed by atoms with E-state index in [1.807, 2.05) is 40.7 Å². The highest BCUT2D eigenvalue weighted by atomic mass is 32.2. The summed E-state index contributed by atoms with van der Waals surface area (Å²) in [6.45, 7) is 9.78. The Morgan fingerprint density at radius 3 is 2.20 bits per heavy atom. The number of ether oxygens (including phenoxy) is 1. The first-order valence-corrected chi connectivity index (χ1v) is 11.1. The lowest BCUT2D eigenvalue weighted by molar-refractivity contribution is 0.00578. The number of rotatable bonds is 4. The van der Waals surface area contributed by atoms with Gasteiger partial charge in [-0.2, -0.15) is 4.98 Å². The van der Waals surface area contributed by atoms with E-state index in [1.54, 1.807) is 30.3 Å². The van der Waals surface area contributed by atoms with Crippen molar-refractivity contribution in [2.75, 3.05) is 7.11 Å². The summed E-state index contributed by atoms with van der Waals surface area (Å²) in [5.74, 6) is 0.264. The van der Waals surface area contributed by atoms with Gasteiger partial charge in [0, 0.05) is 17.0 Å². The van der Waals surface area contributed by atoms with Gasteiger partial charge >= 0.3 is 7.12 Å². The van der Waals surface area contributed by atoms with Crippen molar-refractivity contribution in [3.8, 4) is 5.88 Å². The van der Waals surface area contributed by atoms with E-state index in [2.05, 4.69) is 4.98 Å². The van der Waals surface area contributed by atoms with Gasteiger partial charge in [-0.3, -0.25) is 0 Å². The van der Waals surface area contributed by atoms with Gasteiger partial charge in [0.25, 0.3) is 10.0 Å². The highest BCUT2D eigenvalue weighted by Crippen LogP contribution is 2.37. The van der Waals surface area contributed by atoms with Gasteiger partial charge in [-0.05, 0) is 58.9 Å². The van der Waals surface area contributed by atoms with E-state index < -0.39 is 28.3 Å². The molecular formula is C21H25BN2O5S. The number of hydrogen-bond acceptors (Lipinski definition) is 6. The van der Waals surface area contributed by atoms with E-state index >= 15 is 0 Å². The minimum absolute atomic E-state index is 0.196. The Bertz CT molecular complexity index is 1200. The molecule has 0 unspecified atom stereocenters. The lowest BCUT2D eigenvalue weighted by Gasteiger charge is -2.32. The van der Waals surface area contributed by atoms with Gasteiger partial charge in [0.05, 0.1) is 23.2 Å². The molecule has 1 aliphatic rings. The Labute approximate surface area is 177 Å². The van der Waals surface area contributed by atoms with Crippen LogP contribution in [0.4, 0.5) is 0 Å². The van der Waals surface area contributed by atoms with Crippen molar-refractivity contribution in [1.29, 1.82) is 0 Å². The standard InChI is InChI=1S/C21H25BN2O5S/c1-14-7-9-16(10-8-14)30(25,26)24-12-11-15-13-17(19(27-6)23-18(15)24)22-28-20(2,3)21(4,5)29-22/h7-13H,1-6H3. The Balaban J connectivity index is 1.81. The maximum Gasteiger partial charge on any atom is 0.500 e. The number of pyridine rings is 1. The second-order valence-electron chi connectivity index (χ2n) is 8.52. The molecule has 0 saturated carbocycles. The summed E-state index contributed by atoms with van der Waals surface area (Å²) in [4.78, 5) is 4.70. The lowest BCUT2D eigenvalue weighted by atomic mass is 9.79. The fraction of sp³-hybridized carbons (Fsp3) is 0.381. The number of benzene rings is 1. The Morgan fingerprint density at radius 1 is 1.03 bits per heavy atom. The number of fused-ring (bicyclic) bond motifs is 1. The van der Waals surface area contributed by atoms with Gasteiger partial charge in [-0.25, -0.2) is 12.4 Å². The molecule has 3 aromatic rings. The largest absolute Gasteiger partial charge is 0.500 e. The third-order valence-corrected chi connectivity index (χ3v) is 7.58. The van der Waals surface area contributed by atoms with E-state index in [4.69, 9.17) is 14.0 Å². The summed E-state index contributed by atoms with van der Waals surface area (Å²) >= 11 is 0. The zero-order valence-electron chi connectivity index (χ0n) is 18.0. The molecule has 158 valence electrons. The minimum atomic E-state index is -3.80. The molecule has 1 saturated heterocycles. The van der Waals surface area contributed by atoms with E-state index in [-0.39, 0.29) is 16.4 Å². The Hall–Kier alpha value is -2.36. The molecule has 9 heteroatoms. The summed E-state index contributed by atoms with van der Waals surface area (Å²) in [6.07, 6.45) is 1.50. The Morgan fingerprint density at radius 2 is 1.63 bits per heavy atom. The maximum absolute atomic E-state index is 13.2. The van der Waals surface area contributed by atoms with Gasteiger partial charge in [-0.1, -0.05) is 17.7 Å². The van der Waals surface area contributed by atoms with Crippen molar-refractivity contribution >= 4 is 33.6 Å². The normalized spacial score (nSPS) is 18.1. The van der Waals surface area contributed by atoms with Crippen molar-refractivity contribution < 1.29 is 22.5 Å². The molecule has 30 heavy (non-hydrogen) atoms. The highest BCUT2D eigenvalue weighted by molar-refractivity contribution is 7.90. The molecule has 0 radical (unpaired) electrons. The summed E-state index contributed by atoms with van der Waals surface area (Å²) in [7, 11) is -2.97. The van der Waals surface area contributed by atoms with Crippen LogP contribution in [0.25, 0.3) is 11.0 Å². The van der Waals surface area contributed by atoms with Gasteiger partial charge < -0.3 is 14.0 Å². The van der Waals surface area contributed by atoms with Crippen LogP contribution in [-0.2, 0) is 19.3 Å². The summed E-state index contributed by atoms with van der Waals surface area (Å²) in [6, 6.07) is 10.2. The van der Waals surface area contributed by atoms with E-state index in [1.165, 1.54) is 17.3 Å². The van der Waals surface area contributed by atoms with Crippen molar-refractivity contribution in [2.24, 2.45) is 0 Å². The number of nitrogens with zero attached hydrogens (tertiary/aromatic N) is 2. The molecule has 1 fully saturated rings. The van der Waals surface area contributed by atoms with Crippen LogP contribution in [0.3, 0.4) is 0 Å². The molecule has 0 aliphatic carbocycles. The average Bonchev–Trinajstić information content (AvgIpc) is 3.18. The third-order valence-electron chi connectivity index (χ3n) is 5.90. The zero-order valence-corrected chi connectivity index (χ0v) is 18.8. The quantitative estimate of drug-likeness (QED) is 0.595. The predicted octanol–water partition coefficient (Wildman–Crippen LogP) is 2.89. The number of hydrogen-bond donors (Lipinski definition) is 0. The monoisotopic (exact) mass is 428 g/mol. The first-order chi connectivity index (χ1) is 14.0. The van der Waals surface area contributed by atoms with E-state index in [9.17, 15) is 8.42 Å². The van der Waals surface area contributed by atoms with E-state index in [0.29, 0.717) is 10.8 Å². The van der Waals surface area contributed by atoms with Crippen LogP contribution in [-0.4, -0.2) is 42.8 Å². The van der Waals surface area contributed by atoms with Crippen LogP contribution in [0.5, 0.6) is 5.88 Å². The van der Waals surface area contributed by atoms with Crippen LogP contribution in [0.1, 0.15) is 33.3 Å². The number of aryl methyl sites for hydroxylation is 1. The maximum atomic E-state index is 13.2. The smallest absolute Gasteiger partial charge is 0.481 e. The highest BCUT2D eigenvalue weighted by Gasteiger charge is 2.52. The summed E-state index contributed by atoms with van der Waals surface area (Å²) in [5, 5.41) is 0.649. The average molecular weight is 428 g/mol. The minimum Gasteiger partial charge on any atom is -0.481 e. The SMILES string of the molecule is COc1nc2c(ccn2S(=O)(=O)c2ccc(C)cc2)cc1B1OC(C)(C)C(C)(C)O1. The second kappa shape index (κ2) is 6.83. The third kappa shape index (κ3) is 3.21. The van der Waals surface area contributed by atoms with Crippen molar-refractivity contribution in [2.45, 2.75) is 50.7 Å². The molecule has 2 aromatic heterocycles. The fourth-order valence-electron chi connectivity index (χ4n) is 3.36. The van der Waals surface area contributed by atoms with Crippen LogP contribution < -0.4 is 10.2 Å². The van der Waals surface area contributed by atoms with Crippen molar-refractivity contribution in [1.82, 2.24) is 8.96 Å². The summed E-state index contributed by atoms with van der Waals surface area (Å²) in [5.41, 5.74) is 0.858. The molecule has 1 aliphatic heterocycles. The lowest BCUT2D eigenvalue weighted by Crippen LogP contribution is -2.41. The Kier molecular flexibility index (Phi) is 4.76. The van der Waals surface area contributed by atoms with Crippen LogP contribution >= 0.6 is 0 Å². The molecule has 0 bridgehead atoms. The molecule has 0 atom stereocenters. The van der Waals surface area contributed by atoms with Crippen LogP contribution in [0.15, 0.2) is 47.5 Å². The van der Waals surface area contributed by atoms with Gasteiger partial charge in [0.1, 0.15) is 0 Å². The molecule has 0 amide bonds. The van der Waals surface area contributed by atoms with Crippen LogP contribution in [0, 0.1) is 6.92 Å². The fourth-order valence-corrected chi connectivity index (χ4v) is 4.66. The predicted molar refractivity (Wildman–Crippen MR) is 116 cm³/mol. The van der Waals surface area contributed by atoms with Crippen LogP contribution in [0.2, 0.25) is 0 Å². The molecule has 0 spiro atoms. The number of methoxy groups -OCH3 is 1. The van der Waals surface area contributed by atoms with E-state index in [0.717, 1.165) is 5.56 Å². The number of aromatic nitrogens is 2. The molecule has 0 N–H and O–H groups in total. The van der Waals surface area contributed by atoms with Crippen molar-refractivity contribution in [3.63, 3.8) is 0 Å². The summed E-state index contributed by atoms with van der Waals surface area (Å²) < 4.78 is 45.2. The first-order valence-electron chi connectivity index (χ1n) is 9.70. The second-order valence-corrected chi connectivity index (χ2v) is 10.3. The van der Waals surface area contributed by atoms with Gasteiger partial charge in [-0.15, -0.1) is 0 Å². The first kappa shape index (κ1) is 20.9. The molecule has 4 rings (SSSR count). The topological polar surface area (TPSA) is 79.7 Å². The molecule has 3 heterocycles. The molecule has 1 aromatic carbocycles. The van der Waals surface area contributed by atoms with Crippen molar-refractivity contribution in [3.05, 3.63) is 48.2 Å². The molecule has 7 nitrogen and oxygen atoms in total. The zero-order chi connectivity index (χ0) is 21.9. The van der Waals surface area contributed by atoms with Gasteiger partial charge in [0.2, 0.25) is 5.88 Å². The molecular weight excluding hydrogens is 403 g/mol. The van der Waals surface area contributed by atoms with Gasteiger partial charge in [0.15, 0.2) is 5.65 Å².